The molecule has 19 rings (SSSR count). The molecular weight excluding hydrogens is 1220 g/mol. The standard InChI is InChI=1S/C97H78BN3/c1-94(2,3)65-54-74(61-32-14-10-15-33-61)92(75(55-65)62-34-16-11-17-35-62)100-85-53-51-81-89(73-44-24-29-47-80(73)97(81)78-45-27-22-40-69(78)70-41-23-28-46-79(70)97)91(85)98-82-52-50-68(99-83-48-30-25-42-71(83)72-43-26-31-49-84(72)99)60-86(82)101(88-59-67(96(7,8)9)58-87(100)90(88)98)93-76(63-36-18-12-19-37-63)56-66(95(4,5)6)57-77(93)64-38-20-13-21-39-64/h10-60H,1-9H3. The fourth-order valence-electron chi connectivity index (χ4n) is 17.9. The van der Waals surface area contributed by atoms with Crippen molar-refractivity contribution in [3.05, 3.63) is 348 Å². The van der Waals surface area contributed by atoms with E-state index in [-0.39, 0.29) is 23.0 Å². The van der Waals surface area contributed by atoms with Gasteiger partial charge in [-0.05, 0) is 183 Å². The van der Waals surface area contributed by atoms with Crippen molar-refractivity contribution in [2.45, 2.75) is 84.0 Å². The minimum absolute atomic E-state index is 0.188. The second kappa shape index (κ2) is 22.3. The molecular formula is C97H78BN3. The van der Waals surface area contributed by atoms with Crippen LogP contribution in [0.3, 0.4) is 0 Å². The van der Waals surface area contributed by atoms with Crippen molar-refractivity contribution < 1.29 is 0 Å². The van der Waals surface area contributed by atoms with Crippen LogP contribution < -0.4 is 26.2 Å². The first-order chi connectivity index (χ1) is 49.1. The molecule has 1 spiro atoms. The van der Waals surface area contributed by atoms with Gasteiger partial charge in [0.05, 0.1) is 27.8 Å². The largest absolute Gasteiger partial charge is 0.310 e. The van der Waals surface area contributed by atoms with E-state index >= 15 is 0 Å². The molecule has 0 fully saturated rings. The molecule has 3 heterocycles. The zero-order valence-electron chi connectivity index (χ0n) is 58.9. The zero-order chi connectivity index (χ0) is 68.4. The van der Waals surface area contributed by atoms with Gasteiger partial charge in [-0.1, -0.05) is 305 Å². The average Bonchev–Trinajstić information content (AvgIpc) is 1.55. The van der Waals surface area contributed by atoms with Gasteiger partial charge in [0.2, 0.25) is 0 Å². The molecule has 1 aromatic heterocycles. The molecule has 4 aliphatic rings. The van der Waals surface area contributed by atoms with E-state index in [9.17, 15) is 0 Å². The molecule has 0 atom stereocenters. The van der Waals surface area contributed by atoms with Gasteiger partial charge < -0.3 is 14.4 Å². The summed E-state index contributed by atoms with van der Waals surface area (Å²) in [4.78, 5) is 5.54. The smallest absolute Gasteiger partial charge is 0.252 e. The van der Waals surface area contributed by atoms with Gasteiger partial charge in [0.15, 0.2) is 0 Å². The number of para-hydroxylation sites is 2. The third kappa shape index (κ3) is 8.99. The fraction of sp³-hybridized carbons (Fsp3) is 0.134. The summed E-state index contributed by atoms with van der Waals surface area (Å²) in [5, 5.41) is 2.47. The number of benzene rings is 14. The fourth-order valence-corrected chi connectivity index (χ4v) is 17.9. The first kappa shape index (κ1) is 60.7. The molecule has 2 aliphatic carbocycles. The van der Waals surface area contributed by atoms with Crippen LogP contribution in [-0.4, -0.2) is 11.3 Å². The number of nitrogens with zero attached hydrogens (tertiary/aromatic N) is 3. The molecule has 2 aliphatic heterocycles. The monoisotopic (exact) mass is 1300 g/mol. The highest BCUT2D eigenvalue weighted by Crippen LogP contribution is 2.64. The van der Waals surface area contributed by atoms with Crippen LogP contribution in [-0.2, 0) is 21.7 Å². The Bertz CT molecular complexity index is 5680. The summed E-state index contributed by atoms with van der Waals surface area (Å²) in [6.07, 6.45) is 0. The van der Waals surface area contributed by atoms with E-state index in [4.69, 9.17) is 0 Å². The summed E-state index contributed by atoms with van der Waals surface area (Å²) >= 11 is 0. The van der Waals surface area contributed by atoms with Gasteiger partial charge in [0, 0.05) is 61.5 Å². The number of fused-ring (bicyclic) bond motifs is 18. The van der Waals surface area contributed by atoms with Crippen molar-refractivity contribution >= 4 is 79.0 Å². The Labute approximate surface area is 594 Å². The van der Waals surface area contributed by atoms with Crippen molar-refractivity contribution in [2.75, 3.05) is 9.80 Å². The zero-order valence-corrected chi connectivity index (χ0v) is 58.9. The van der Waals surface area contributed by atoms with Gasteiger partial charge in [-0.2, -0.15) is 0 Å². The summed E-state index contributed by atoms with van der Waals surface area (Å²) in [7, 11) is 0. The first-order valence-electron chi connectivity index (χ1n) is 36.0. The Kier molecular flexibility index (Phi) is 13.4. The van der Waals surface area contributed by atoms with E-state index in [1.165, 1.54) is 150 Å². The van der Waals surface area contributed by atoms with E-state index in [1.54, 1.807) is 0 Å². The molecule has 0 amide bonds. The summed E-state index contributed by atoms with van der Waals surface area (Å²) in [6.45, 7) is 21.1. The average molecular weight is 1300 g/mol. The van der Waals surface area contributed by atoms with Crippen LogP contribution >= 0.6 is 0 Å². The van der Waals surface area contributed by atoms with E-state index < -0.39 is 5.41 Å². The summed E-state index contributed by atoms with van der Waals surface area (Å²) in [6, 6.07) is 119. The van der Waals surface area contributed by atoms with Gasteiger partial charge in [-0.25, -0.2) is 0 Å². The molecule has 0 saturated carbocycles. The third-order valence-corrected chi connectivity index (χ3v) is 22.6. The van der Waals surface area contributed by atoms with Crippen molar-refractivity contribution in [1.82, 2.24) is 4.57 Å². The summed E-state index contributed by atoms with van der Waals surface area (Å²) in [5.74, 6) is 0. The van der Waals surface area contributed by atoms with Gasteiger partial charge in [0.1, 0.15) is 0 Å². The van der Waals surface area contributed by atoms with Crippen molar-refractivity contribution in [1.29, 1.82) is 0 Å². The van der Waals surface area contributed by atoms with Gasteiger partial charge >= 0.3 is 0 Å². The van der Waals surface area contributed by atoms with Crippen LogP contribution in [0, 0.1) is 0 Å². The van der Waals surface area contributed by atoms with Crippen molar-refractivity contribution in [3.8, 4) is 72.4 Å². The maximum absolute atomic E-state index is 2.77. The molecule has 0 radical (unpaired) electrons. The number of hydrogen-bond acceptors (Lipinski definition) is 2. The number of hydrogen-bond donors (Lipinski definition) is 0. The lowest BCUT2D eigenvalue weighted by Crippen LogP contribution is -2.62. The van der Waals surface area contributed by atoms with Crippen molar-refractivity contribution in [3.63, 3.8) is 0 Å². The lowest BCUT2D eigenvalue weighted by Gasteiger charge is -2.47. The summed E-state index contributed by atoms with van der Waals surface area (Å²) < 4.78 is 2.52. The van der Waals surface area contributed by atoms with E-state index in [1.807, 2.05) is 0 Å². The van der Waals surface area contributed by atoms with Crippen molar-refractivity contribution in [2.24, 2.45) is 0 Å². The van der Waals surface area contributed by atoms with E-state index in [0.29, 0.717) is 0 Å². The van der Waals surface area contributed by atoms with Crippen LogP contribution in [0.1, 0.15) is 101 Å². The van der Waals surface area contributed by atoms with Gasteiger partial charge in [0.25, 0.3) is 6.71 Å². The van der Waals surface area contributed by atoms with Crippen LogP contribution in [0.5, 0.6) is 0 Å². The minimum Gasteiger partial charge on any atom is -0.310 e. The van der Waals surface area contributed by atoms with Crippen LogP contribution in [0.15, 0.2) is 309 Å². The molecule has 0 saturated heterocycles. The lowest BCUT2D eigenvalue weighted by molar-refractivity contribution is 0.590. The highest BCUT2D eigenvalue weighted by Gasteiger charge is 2.55. The van der Waals surface area contributed by atoms with Crippen LogP contribution in [0.4, 0.5) is 34.1 Å². The molecule has 484 valence electrons. The Balaban J connectivity index is 1.04. The Morgan fingerprint density at radius 3 is 1.08 bits per heavy atom. The van der Waals surface area contributed by atoms with Crippen LogP contribution in [0.2, 0.25) is 0 Å². The Morgan fingerprint density at radius 1 is 0.277 bits per heavy atom. The molecule has 0 unspecified atom stereocenters. The first-order valence-corrected chi connectivity index (χ1v) is 36.0. The molecule has 14 aromatic carbocycles. The highest BCUT2D eigenvalue weighted by molar-refractivity contribution is 7.01. The van der Waals surface area contributed by atoms with E-state index in [2.05, 4.69) is 386 Å². The lowest BCUT2D eigenvalue weighted by atomic mass is 9.32. The molecule has 0 N–H and O–H groups in total. The summed E-state index contributed by atoms with van der Waals surface area (Å²) in [5.41, 5.74) is 36.6. The normalized spacial score (nSPS) is 13.8. The number of aromatic nitrogens is 1. The van der Waals surface area contributed by atoms with Gasteiger partial charge in [-0.3, -0.25) is 0 Å². The number of anilines is 6. The SMILES string of the molecule is CC(C)(C)c1cc(-c2ccccc2)c(N2c3cc(-n4c5ccccc5c5ccccc54)ccc3B3c4c2cc(C(C)(C)C)cc4N(c2c(-c4ccccc4)cc(C(C)(C)C)cc2-c2ccccc2)c2ccc4c(c23)-c2ccccc2C42c3ccccc3-c3ccccc32)c(-c2ccccc2)c1. The molecule has 101 heavy (non-hydrogen) atoms. The topological polar surface area (TPSA) is 11.4 Å². The molecule has 15 aromatic rings. The minimum atomic E-state index is -0.606. The molecule has 0 bridgehead atoms. The van der Waals surface area contributed by atoms with Gasteiger partial charge in [-0.15, -0.1) is 0 Å². The predicted octanol–water partition coefficient (Wildman–Crippen LogP) is 23.8. The Hall–Kier alpha value is -11.5. The third-order valence-electron chi connectivity index (χ3n) is 22.6. The second-order valence-electron chi connectivity index (χ2n) is 31.5. The maximum Gasteiger partial charge on any atom is 0.252 e. The molecule has 4 heteroatoms. The second-order valence-corrected chi connectivity index (χ2v) is 31.5. The quantitative estimate of drug-likeness (QED) is 0.147. The molecule has 3 nitrogen and oxygen atoms in total. The van der Waals surface area contributed by atoms with E-state index in [0.717, 1.165) is 33.9 Å². The number of rotatable bonds is 7. The van der Waals surface area contributed by atoms with Crippen LogP contribution in [0.25, 0.3) is 94.3 Å². The highest BCUT2D eigenvalue weighted by atomic mass is 15.2. The maximum atomic E-state index is 2.77. The Morgan fingerprint density at radius 2 is 0.644 bits per heavy atom. The predicted molar refractivity (Wildman–Crippen MR) is 429 cm³/mol.